The lowest BCUT2D eigenvalue weighted by molar-refractivity contribution is -0.136. The Morgan fingerprint density at radius 3 is 2.88 bits per heavy atom. The van der Waals surface area contributed by atoms with E-state index in [0.29, 0.717) is 5.92 Å². The fourth-order valence-corrected chi connectivity index (χ4v) is 5.63. The van der Waals surface area contributed by atoms with Crippen molar-refractivity contribution < 1.29 is 9.53 Å². The highest BCUT2D eigenvalue weighted by Gasteiger charge is 2.39. The van der Waals surface area contributed by atoms with Crippen LogP contribution in [-0.2, 0) is 11.2 Å². The number of carbonyl (C=O) groups is 1. The molecule has 1 N–H and O–H groups in total. The Hall–Kier alpha value is -1.35. The maximum Gasteiger partial charge on any atom is 0.328 e. The summed E-state index contributed by atoms with van der Waals surface area (Å²) in [5.41, 5.74) is 2.93. The lowest BCUT2D eigenvalue weighted by atomic mass is 9.60. The summed E-state index contributed by atoms with van der Waals surface area (Å²) in [7, 11) is 0. The van der Waals surface area contributed by atoms with E-state index >= 15 is 0 Å². The topological polar surface area (TPSA) is 38.3 Å². The molecule has 5 atom stereocenters. The third-order valence-corrected chi connectivity index (χ3v) is 7.13. The van der Waals surface area contributed by atoms with Gasteiger partial charge in [-0.1, -0.05) is 26.3 Å². The number of ether oxygens (including phenoxy) is 1. The van der Waals surface area contributed by atoms with Crippen molar-refractivity contribution in [2.75, 3.05) is 6.54 Å². The average molecular weight is 341 g/mol. The Labute approximate surface area is 151 Å². The predicted molar refractivity (Wildman–Crippen MR) is 99.8 cm³/mol. The number of benzene rings is 1. The molecule has 1 saturated carbocycles. The van der Waals surface area contributed by atoms with Gasteiger partial charge in [-0.3, -0.25) is 0 Å². The van der Waals surface area contributed by atoms with E-state index in [4.69, 9.17) is 4.74 Å². The average Bonchev–Trinajstić information content (AvgIpc) is 3.16. The fraction of sp³-hybridized carbons (Fsp3) is 0.682. The van der Waals surface area contributed by atoms with E-state index in [0.717, 1.165) is 49.3 Å². The molecule has 136 valence electrons. The third kappa shape index (κ3) is 3.23. The van der Waals surface area contributed by atoms with Crippen LogP contribution in [0, 0.1) is 17.8 Å². The molecule has 0 aromatic heterocycles. The van der Waals surface area contributed by atoms with E-state index in [-0.39, 0.29) is 12.0 Å². The van der Waals surface area contributed by atoms with Gasteiger partial charge in [-0.25, -0.2) is 4.79 Å². The molecule has 0 radical (unpaired) electrons. The van der Waals surface area contributed by atoms with Gasteiger partial charge in [0, 0.05) is 0 Å². The third-order valence-electron chi connectivity index (χ3n) is 7.13. The molecule has 2 aliphatic carbocycles. The van der Waals surface area contributed by atoms with Crippen LogP contribution in [0.3, 0.4) is 0 Å². The van der Waals surface area contributed by atoms with Crippen LogP contribution in [0.2, 0.25) is 0 Å². The first-order chi connectivity index (χ1) is 12.2. The SMILES string of the molecule is CCC1CCC2c3ccc(OC(=O)C4CCCN4)cc3CCC2C1C. The highest BCUT2D eigenvalue weighted by atomic mass is 16.5. The molecule has 1 aliphatic heterocycles. The van der Waals surface area contributed by atoms with Crippen LogP contribution >= 0.6 is 0 Å². The monoisotopic (exact) mass is 341 g/mol. The van der Waals surface area contributed by atoms with Crippen molar-refractivity contribution in [3.05, 3.63) is 29.3 Å². The lowest BCUT2D eigenvalue weighted by Crippen LogP contribution is -2.35. The Bertz CT molecular complexity index is 635. The summed E-state index contributed by atoms with van der Waals surface area (Å²) in [5, 5.41) is 3.22. The predicted octanol–water partition coefficient (Wildman–Crippen LogP) is 4.45. The zero-order valence-electron chi connectivity index (χ0n) is 15.6. The van der Waals surface area contributed by atoms with E-state index in [1.165, 1.54) is 36.8 Å². The number of rotatable bonds is 3. The molecule has 3 nitrogen and oxygen atoms in total. The van der Waals surface area contributed by atoms with Crippen molar-refractivity contribution in [2.24, 2.45) is 17.8 Å². The van der Waals surface area contributed by atoms with Crippen molar-refractivity contribution in [1.29, 1.82) is 0 Å². The minimum Gasteiger partial charge on any atom is -0.425 e. The van der Waals surface area contributed by atoms with Gasteiger partial charge in [0.25, 0.3) is 0 Å². The first-order valence-electron chi connectivity index (χ1n) is 10.2. The largest absolute Gasteiger partial charge is 0.425 e. The van der Waals surface area contributed by atoms with Gasteiger partial charge in [-0.05, 0) is 92.0 Å². The standard InChI is InChI=1S/C22H31NO2/c1-3-15-6-10-20-18(14(15)2)9-7-16-13-17(8-11-19(16)20)25-22(24)21-5-4-12-23-21/h8,11,13-15,18,20-21,23H,3-7,9-10,12H2,1-2H3. The summed E-state index contributed by atoms with van der Waals surface area (Å²) in [6, 6.07) is 6.28. The fourth-order valence-electron chi connectivity index (χ4n) is 5.63. The molecule has 1 saturated heterocycles. The van der Waals surface area contributed by atoms with E-state index in [2.05, 4.69) is 31.3 Å². The zero-order chi connectivity index (χ0) is 17.4. The van der Waals surface area contributed by atoms with Crippen molar-refractivity contribution in [2.45, 2.75) is 70.8 Å². The van der Waals surface area contributed by atoms with Crippen LogP contribution in [0.5, 0.6) is 5.75 Å². The highest BCUT2D eigenvalue weighted by molar-refractivity contribution is 5.78. The van der Waals surface area contributed by atoms with Crippen LogP contribution in [0.4, 0.5) is 0 Å². The molecular formula is C22H31NO2. The number of fused-ring (bicyclic) bond motifs is 3. The van der Waals surface area contributed by atoms with Gasteiger partial charge in [0.1, 0.15) is 11.8 Å². The lowest BCUT2D eigenvalue weighted by Gasteiger charge is -2.45. The van der Waals surface area contributed by atoms with Gasteiger partial charge >= 0.3 is 5.97 Å². The smallest absolute Gasteiger partial charge is 0.328 e. The molecule has 1 aromatic rings. The van der Waals surface area contributed by atoms with Crippen LogP contribution in [-0.4, -0.2) is 18.6 Å². The van der Waals surface area contributed by atoms with Crippen LogP contribution < -0.4 is 10.1 Å². The van der Waals surface area contributed by atoms with Crippen LogP contribution in [0.1, 0.15) is 69.4 Å². The summed E-state index contributed by atoms with van der Waals surface area (Å²) in [6.45, 7) is 5.74. The zero-order valence-corrected chi connectivity index (χ0v) is 15.6. The first-order valence-corrected chi connectivity index (χ1v) is 10.2. The van der Waals surface area contributed by atoms with Gasteiger partial charge in [-0.15, -0.1) is 0 Å². The highest BCUT2D eigenvalue weighted by Crippen LogP contribution is 2.50. The van der Waals surface area contributed by atoms with E-state index in [9.17, 15) is 4.79 Å². The van der Waals surface area contributed by atoms with Crippen molar-refractivity contribution in [3.63, 3.8) is 0 Å². The summed E-state index contributed by atoms with van der Waals surface area (Å²) in [4.78, 5) is 12.2. The Morgan fingerprint density at radius 1 is 1.24 bits per heavy atom. The van der Waals surface area contributed by atoms with Gasteiger partial charge in [-0.2, -0.15) is 0 Å². The van der Waals surface area contributed by atoms with E-state index < -0.39 is 0 Å². The van der Waals surface area contributed by atoms with Gasteiger partial charge < -0.3 is 10.1 Å². The summed E-state index contributed by atoms with van der Waals surface area (Å²) in [6.07, 6.45) is 8.38. The molecule has 0 bridgehead atoms. The molecule has 1 aromatic carbocycles. The normalized spacial score (nSPS) is 34.2. The van der Waals surface area contributed by atoms with Crippen molar-refractivity contribution in [3.8, 4) is 5.75 Å². The number of hydrogen-bond acceptors (Lipinski definition) is 3. The van der Waals surface area contributed by atoms with Crippen molar-refractivity contribution in [1.82, 2.24) is 5.32 Å². The maximum atomic E-state index is 12.2. The second-order valence-electron chi connectivity index (χ2n) is 8.34. The molecule has 0 amide bonds. The van der Waals surface area contributed by atoms with Crippen molar-refractivity contribution >= 4 is 5.97 Å². The molecule has 0 spiro atoms. The first kappa shape index (κ1) is 17.1. The molecule has 5 unspecified atom stereocenters. The Morgan fingerprint density at radius 2 is 2.12 bits per heavy atom. The molecule has 25 heavy (non-hydrogen) atoms. The number of hydrogen-bond donors (Lipinski definition) is 1. The number of aryl methyl sites for hydroxylation is 1. The Balaban J connectivity index is 1.50. The van der Waals surface area contributed by atoms with E-state index in [1.807, 2.05) is 6.07 Å². The quantitative estimate of drug-likeness (QED) is 0.652. The summed E-state index contributed by atoms with van der Waals surface area (Å²) in [5.74, 6) is 3.89. The minimum absolute atomic E-state index is 0.120. The Kier molecular flexibility index (Phi) is 4.86. The van der Waals surface area contributed by atoms with Gasteiger partial charge in [0.05, 0.1) is 0 Å². The minimum atomic E-state index is -0.122. The molecule has 3 aliphatic rings. The second-order valence-corrected chi connectivity index (χ2v) is 8.34. The van der Waals surface area contributed by atoms with Crippen LogP contribution in [0.15, 0.2) is 18.2 Å². The number of nitrogens with one attached hydrogen (secondary N) is 1. The van der Waals surface area contributed by atoms with Gasteiger partial charge in [0.15, 0.2) is 0 Å². The molecule has 3 heteroatoms. The maximum absolute atomic E-state index is 12.2. The van der Waals surface area contributed by atoms with Crippen LogP contribution in [0.25, 0.3) is 0 Å². The summed E-state index contributed by atoms with van der Waals surface area (Å²) < 4.78 is 5.65. The number of esters is 1. The molecule has 1 heterocycles. The summed E-state index contributed by atoms with van der Waals surface area (Å²) >= 11 is 0. The van der Waals surface area contributed by atoms with E-state index in [1.54, 1.807) is 0 Å². The molecule has 4 rings (SSSR count). The molecular weight excluding hydrogens is 310 g/mol. The number of carbonyl (C=O) groups excluding carboxylic acids is 1. The molecule has 2 fully saturated rings. The second kappa shape index (κ2) is 7.11. The van der Waals surface area contributed by atoms with Gasteiger partial charge in [0.2, 0.25) is 0 Å².